The second-order valence-corrected chi connectivity index (χ2v) is 4.78. The Hall–Kier alpha value is -1.89. The van der Waals surface area contributed by atoms with Crippen LogP contribution in [0.1, 0.15) is 20.3 Å². The molecule has 0 aromatic carbocycles. The Labute approximate surface area is 110 Å². The molecule has 0 aliphatic carbocycles. The summed E-state index contributed by atoms with van der Waals surface area (Å²) >= 11 is 0. The Kier molecular flexibility index (Phi) is 3.84. The summed E-state index contributed by atoms with van der Waals surface area (Å²) in [4.78, 5) is 22.6. The minimum absolute atomic E-state index is 0.0790. The predicted molar refractivity (Wildman–Crippen MR) is 66.6 cm³/mol. The Bertz CT molecular complexity index is 485. The molecule has 1 aliphatic heterocycles. The number of carboxylic acids is 1. The first kappa shape index (κ1) is 13.5. The number of nitrogens with zero attached hydrogens (tertiary/aromatic N) is 2. The van der Waals surface area contributed by atoms with Crippen LogP contribution in [0.25, 0.3) is 0 Å². The Balaban J connectivity index is 1.95. The van der Waals surface area contributed by atoms with Crippen molar-refractivity contribution in [3.05, 3.63) is 12.3 Å². The van der Waals surface area contributed by atoms with Crippen LogP contribution in [0, 0.1) is 5.92 Å². The molecule has 3 atom stereocenters. The summed E-state index contributed by atoms with van der Waals surface area (Å²) in [6, 6.07) is 1.57. The van der Waals surface area contributed by atoms with Crippen LogP contribution in [-0.2, 0) is 20.9 Å². The second-order valence-electron chi connectivity index (χ2n) is 4.78. The fourth-order valence-electron chi connectivity index (χ4n) is 2.26. The highest BCUT2D eigenvalue weighted by atomic mass is 16.5. The predicted octanol–water partition coefficient (Wildman–Crippen LogP) is 0.720. The van der Waals surface area contributed by atoms with Gasteiger partial charge in [-0.2, -0.15) is 5.10 Å². The van der Waals surface area contributed by atoms with Gasteiger partial charge in [0.1, 0.15) is 6.54 Å². The van der Waals surface area contributed by atoms with Crippen LogP contribution >= 0.6 is 0 Å². The molecule has 2 N–H and O–H groups in total. The monoisotopic (exact) mass is 267 g/mol. The molecule has 1 aliphatic rings. The van der Waals surface area contributed by atoms with Gasteiger partial charge < -0.3 is 15.2 Å². The quantitative estimate of drug-likeness (QED) is 0.838. The topological polar surface area (TPSA) is 93.5 Å². The lowest BCUT2D eigenvalue weighted by molar-refractivity contribution is -0.137. The van der Waals surface area contributed by atoms with Crippen molar-refractivity contribution in [3.63, 3.8) is 0 Å². The third kappa shape index (κ3) is 3.31. The molecule has 1 saturated heterocycles. The number of aliphatic carboxylic acids is 1. The van der Waals surface area contributed by atoms with Gasteiger partial charge in [0.2, 0.25) is 5.91 Å². The van der Waals surface area contributed by atoms with Crippen LogP contribution in [0.15, 0.2) is 12.3 Å². The lowest BCUT2D eigenvalue weighted by atomic mass is 10.00. The van der Waals surface area contributed by atoms with Gasteiger partial charge in [-0.25, -0.2) is 0 Å². The molecule has 7 nitrogen and oxygen atoms in total. The normalized spacial score (nSPS) is 26.3. The summed E-state index contributed by atoms with van der Waals surface area (Å²) in [7, 11) is 0. The van der Waals surface area contributed by atoms with E-state index in [0.29, 0.717) is 12.2 Å². The van der Waals surface area contributed by atoms with E-state index in [2.05, 4.69) is 10.4 Å². The van der Waals surface area contributed by atoms with E-state index in [1.165, 1.54) is 10.9 Å². The molecule has 0 saturated carbocycles. The van der Waals surface area contributed by atoms with E-state index in [4.69, 9.17) is 9.84 Å². The van der Waals surface area contributed by atoms with Crippen molar-refractivity contribution in [2.24, 2.45) is 5.92 Å². The van der Waals surface area contributed by atoms with Crippen LogP contribution in [0.5, 0.6) is 0 Å². The van der Waals surface area contributed by atoms with Gasteiger partial charge in [-0.3, -0.25) is 14.3 Å². The van der Waals surface area contributed by atoms with E-state index in [9.17, 15) is 9.59 Å². The van der Waals surface area contributed by atoms with Gasteiger partial charge in [-0.15, -0.1) is 0 Å². The van der Waals surface area contributed by atoms with Gasteiger partial charge in [0.15, 0.2) is 5.82 Å². The molecule has 1 fully saturated rings. The molecule has 0 spiro atoms. The van der Waals surface area contributed by atoms with Gasteiger partial charge in [0.25, 0.3) is 0 Å². The largest absolute Gasteiger partial charge is 0.480 e. The first-order chi connectivity index (χ1) is 8.95. The molecule has 1 aromatic heterocycles. The fourth-order valence-corrected chi connectivity index (χ4v) is 2.26. The SMILES string of the molecule is CC1CC(C(=O)Nc2ccn(CC(=O)O)n2)C(C)O1. The van der Waals surface area contributed by atoms with Crippen molar-refractivity contribution in [2.75, 3.05) is 5.32 Å². The van der Waals surface area contributed by atoms with Crippen molar-refractivity contribution in [2.45, 2.75) is 39.0 Å². The number of hydrogen-bond donors (Lipinski definition) is 2. The summed E-state index contributed by atoms with van der Waals surface area (Å²) in [6.45, 7) is 3.58. The number of hydrogen-bond acceptors (Lipinski definition) is 4. The van der Waals surface area contributed by atoms with E-state index in [1.807, 2.05) is 13.8 Å². The van der Waals surface area contributed by atoms with Crippen molar-refractivity contribution in [3.8, 4) is 0 Å². The number of aromatic nitrogens is 2. The van der Waals surface area contributed by atoms with Crippen LogP contribution in [0.3, 0.4) is 0 Å². The summed E-state index contributed by atoms with van der Waals surface area (Å²) in [5.41, 5.74) is 0. The van der Waals surface area contributed by atoms with Crippen molar-refractivity contribution in [1.82, 2.24) is 9.78 Å². The Morgan fingerprint density at radius 1 is 1.58 bits per heavy atom. The highest BCUT2D eigenvalue weighted by molar-refractivity contribution is 5.92. The first-order valence-electron chi connectivity index (χ1n) is 6.17. The zero-order valence-corrected chi connectivity index (χ0v) is 10.9. The maximum atomic E-state index is 12.0. The van der Waals surface area contributed by atoms with Crippen molar-refractivity contribution >= 4 is 17.7 Å². The van der Waals surface area contributed by atoms with Crippen LogP contribution in [-0.4, -0.2) is 39.0 Å². The molecule has 0 radical (unpaired) electrons. The molecule has 3 unspecified atom stereocenters. The molecule has 1 amide bonds. The molecule has 0 bridgehead atoms. The first-order valence-corrected chi connectivity index (χ1v) is 6.17. The molecule has 19 heavy (non-hydrogen) atoms. The molecule has 7 heteroatoms. The lowest BCUT2D eigenvalue weighted by Crippen LogP contribution is -2.28. The van der Waals surface area contributed by atoms with Gasteiger partial charge in [-0.1, -0.05) is 0 Å². The summed E-state index contributed by atoms with van der Waals surface area (Å²) in [6.07, 6.45) is 2.16. The summed E-state index contributed by atoms with van der Waals surface area (Å²) < 4.78 is 6.79. The minimum Gasteiger partial charge on any atom is -0.480 e. The van der Waals surface area contributed by atoms with E-state index in [1.54, 1.807) is 6.07 Å². The van der Waals surface area contributed by atoms with E-state index < -0.39 is 5.97 Å². The standard InChI is InChI=1S/C12H17N3O4/c1-7-5-9(8(2)19-7)12(18)13-10-3-4-15(14-10)6-11(16)17/h3-4,7-9H,5-6H2,1-2H3,(H,16,17)(H,13,14,18). The molecule has 104 valence electrons. The third-order valence-electron chi connectivity index (χ3n) is 3.13. The Morgan fingerprint density at radius 3 is 2.89 bits per heavy atom. The van der Waals surface area contributed by atoms with Crippen LogP contribution in [0.2, 0.25) is 0 Å². The summed E-state index contributed by atoms with van der Waals surface area (Å²) in [5.74, 6) is -0.956. The molecule has 2 heterocycles. The van der Waals surface area contributed by atoms with Crippen LogP contribution in [0.4, 0.5) is 5.82 Å². The van der Waals surface area contributed by atoms with Gasteiger partial charge in [0, 0.05) is 12.3 Å². The lowest BCUT2D eigenvalue weighted by Gasteiger charge is -2.12. The average Bonchev–Trinajstić information content (AvgIpc) is 2.84. The van der Waals surface area contributed by atoms with Gasteiger partial charge in [0.05, 0.1) is 18.1 Å². The molecule has 1 aromatic rings. The van der Waals surface area contributed by atoms with Crippen molar-refractivity contribution < 1.29 is 19.4 Å². The highest BCUT2D eigenvalue weighted by Gasteiger charge is 2.35. The van der Waals surface area contributed by atoms with Gasteiger partial charge in [-0.05, 0) is 20.3 Å². The maximum absolute atomic E-state index is 12.0. The van der Waals surface area contributed by atoms with E-state index in [-0.39, 0.29) is 30.6 Å². The number of rotatable bonds is 4. The number of anilines is 1. The van der Waals surface area contributed by atoms with Gasteiger partial charge >= 0.3 is 5.97 Å². The third-order valence-corrected chi connectivity index (χ3v) is 3.13. The van der Waals surface area contributed by atoms with E-state index in [0.717, 1.165) is 0 Å². The van der Waals surface area contributed by atoms with Crippen LogP contribution < -0.4 is 5.32 Å². The minimum atomic E-state index is -0.979. The molecule has 2 rings (SSSR count). The maximum Gasteiger partial charge on any atom is 0.325 e. The number of carboxylic acid groups (broad SMARTS) is 1. The molecular weight excluding hydrogens is 250 g/mol. The fraction of sp³-hybridized carbons (Fsp3) is 0.583. The van der Waals surface area contributed by atoms with E-state index >= 15 is 0 Å². The smallest absolute Gasteiger partial charge is 0.325 e. The van der Waals surface area contributed by atoms with Crippen molar-refractivity contribution in [1.29, 1.82) is 0 Å². The summed E-state index contributed by atoms with van der Waals surface area (Å²) in [5, 5.41) is 15.3. The second kappa shape index (κ2) is 5.40. The zero-order chi connectivity index (χ0) is 14.0. The number of amides is 1. The number of carbonyl (C=O) groups excluding carboxylic acids is 1. The molecular formula is C12H17N3O4. The number of carbonyl (C=O) groups is 2. The zero-order valence-electron chi connectivity index (χ0n) is 10.9. The Morgan fingerprint density at radius 2 is 2.32 bits per heavy atom. The average molecular weight is 267 g/mol. The number of ether oxygens (including phenoxy) is 1. The highest BCUT2D eigenvalue weighted by Crippen LogP contribution is 2.26. The number of nitrogens with one attached hydrogen (secondary N) is 1.